The molecule has 0 radical (unpaired) electrons. The molecule has 1 unspecified atom stereocenters. The summed E-state index contributed by atoms with van der Waals surface area (Å²) in [6.45, 7) is 5.42. The van der Waals surface area contributed by atoms with E-state index < -0.39 is 17.9 Å². The Hall–Kier alpha value is -1.98. The number of nitrogens with zero attached hydrogens (tertiary/aromatic N) is 2. The number of carbonyl (C=O) groups excluding carboxylic acids is 1. The summed E-state index contributed by atoms with van der Waals surface area (Å²) in [4.78, 5) is 31.1. The average molecular weight is 265 g/mol. The fraction of sp³-hybridized carbons (Fsp3) is 0.538. The maximum absolute atomic E-state index is 12.0. The molecular weight excluding hydrogens is 246 g/mol. The van der Waals surface area contributed by atoms with Gasteiger partial charge < -0.3 is 10.4 Å². The summed E-state index contributed by atoms with van der Waals surface area (Å²) < 4.78 is 0. The molecule has 1 amide bonds. The van der Waals surface area contributed by atoms with E-state index in [0.717, 1.165) is 12.8 Å². The summed E-state index contributed by atoms with van der Waals surface area (Å²) in [5, 5.41) is 11.6. The van der Waals surface area contributed by atoms with Crippen LogP contribution in [0.1, 0.15) is 48.2 Å². The molecule has 0 aliphatic heterocycles. The summed E-state index contributed by atoms with van der Waals surface area (Å²) in [7, 11) is 0. The lowest BCUT2D eigenvalue weighted by Gasteiger charge is -2.14. The zero-order chi connectivity index (χ0) is 14.4. The first-order chi connectivity index (χ1) is 8.93. The third-order valence-corrected chi connectivity index (χ3v) is 2.65. The van der Waals surface area contributed by atoms with Crippen LogP contribution in [0.15, 0.2) is 6.07 Å². The lowest BCUT2D eigenvalue weighted by molar-refractivity contribution is -0.139. The Morgan fingerprint density at radius 3 is 2.58 bits per heavy atom. The highest BCUT2D eigenvalue weighted by Gasteiger charge is 2.20. The van der Waals surface area contributed by atoms with Crippen LogP contribution in [0, 0.1) is 13.8 Å². The third kappa shape index (κ3) is 4.65. The molecule has 6 heteroatoms. The number of nitrogens with one attached hydrogen (secondary N) is 1. The molecule has 1 aromatic heterocycles. The molecule has 1 aromatic rings. The molecule has 6 nitrogen and oxygen atoms in total. The van der Waals surface area contributed by atoms with Crippen LogP contribution < -0.4 is 5.32 Å². The van der Waals surface area contributed by atoms with Gasteiger partial charge in [0, 0.05) is 5.69 Å². The van der Waals surface area contributed by atoms with E-state index >= 15 is 0 Å². The zero-order valence-corrected chi connectivity index (χ0v) is 11.4. The summed E-state index contributed by atoms with van der Waals surface area (Å²) >= 11 is 0. The van der Waals surface area contributed by atoms with E-state index in [4.69, 9.17) is 5.11 Å². The second-order valence-corrected chi connectivity index (χ2v) is 4.45. The van der Waals surface area contributed by atoms with Crippen molar-refractivity contribution in [3.63, 3.8) is 0 Å². The van der Waals surface area contributed by atoms with E-state index in [9.17, 15) is 9.59 Å². The fourth-order valence-corrected chi connectivity index (χ4v) is 1.73. The minimum absolute atomic E-state index is 0.202. The lowest BCUT2D eigenvalue weighted by Crippen LogP contribution is -2.41. The highest BCUT2D eigenvalue weighted by atomic mass is 16.4. The number of unbranched alkanes of at least 4 members (excludes halogenated alkanes) is 1. The molecule has 104 valence electrons. The topological polar surface area (TPSA) is 92.2 Å². The van der Waals surface area contributed by atoms with E-state index in [1.54, 1.807) is 19.9 Å². The van der Waals surface area contributed by atoms with Crippen LogP contribution in [-0.4, -0.2) is 33.0 Å². The van der Waals surface area contributed by atoms with Crippen molar-refractivity contribution >= 4 is 11.9 Å². The van der Waals surface area contributed by atoms with Gasteiger partial charge in [-0.15, -0.1) is 0 Å². The van der Waals surface area contributed by atoms with Gasteiger partial charge in [-0.05, 0) is 26.3 Å². The number of hydrogen-bond acceptors (Lipinski definition) is 4. The first kappa shape index (κ1) is 15.1. The fourth-order valence-electron chi connectivity index (χ4n) is 1.73. The van der Waals surface area contributed by atoms with Crippen molar-refractivity contribution in [2.45, 2.75) is 46.1 Å². The van der Waals surface area contributed by atoms with Crippen molar-refractivity contribution in [3.05, 3.63) is 23.3 Å². The van der Waals surface area contributed by atoms with Gasteiger partial charge in [0.1, 0.15) is 17.6 Å². The molecule has 0 spiro atoms. The van der Waals surface area contributed by atoms with Gasteiger partial charge in [-0.1, -0.05) is 19.8 Å². The van der Waals surface area contributed by atoms with E-state index in [-0.39, 0.29) is 5.69 Å². The number of carboxylic acid groups (broad SMARTS) is 1. The maximum Gasteiger partial charge on any atom is 0.326 e. The van der Waals surface area contributed by atoms with E-state index in [2.05, 4.69) is 15.3 Å². The number of rotatable bonds is 6. The number of aryl methyl sites for hydroxylation is 2. The number of hydrogen-bond donors (Lipinski definition) is 2. The molecule has 0 aliphatic carbocycles. The van der Waals surface area contributed by atoms with Crippen LogP contribution in [0.4, 0.5) is 0 Å². The molecule has 0 saturated heterocycles. The van der Waals surface area contributed by atoms with Crippen molar-refractivity contribution < 1.29 is 14.7 Å². The van der Waals surface area contributed by atoms with E-state index in [1.165, 1.54) is 0 Å². The molecule has 19 heavy (non-hydrogen) atoms. The largest absolute Gasteiger partial charge is 0.480 e. The van der Waals surface area contributed by atoms with Crippen LogP contribution in [0.2, 0.25) is 0 Å². The van der Waals surface area contributed by atoms with Crippen LogP contribution in [-0.2, 0) is 4.79 Å². The number of aliphatic carboxylic acids is 1. The summed E-state index contributed by atoms with van der Waals surface area (Å²) in [5.41, 5.74) is 0.880. The summed E-state index contributed by atoms with van der Waals surface area (Å²) in [5.74, 6) is -1.01. The molecule has 0 aliphatic rings. The van der Waals surface area contributed by atoms with E-state index in [1.807, 2.05) is 6.92 Å². The van der Waals surface area contributed by atoms with Gasteiger partial charge in [0.15, 0.2) is 0 Å². The monoisotopic (exact) mass is 265 g/mol. The van der Waals surface area contributed by atoms with Crippen molar-refractivity contribution in [2.75, 3.05) is 0 Å². The normalized spacial score (nSPS) is 11.9. The Labute approximate surface area is 112 Å². The third-order valence-electron chi connectivity index (χ3n) is 2.65. The summed E-state index contributed by atoms with van der Waals surface area (Å²) in [6.07, 6.45) is 2.05. The predicted molar refractivity (Wildman–Crippen MR) is 69.9 cm³/mol. The van der Waals surface area contributed by atoms with Crippen LogP contribution >= 0.6 is 0 Å². The molecule has 1 atom stereocenters. The van der Waals surface area contributed by atoms with Gasteiger partial charge in [0.2, 0.25) is 0 Å². The highest BCUT2D eigenvalue weighted by Crippen LogP contribution is 2.04. The summed E-state index contributed by atoms with van der Waals surface area (Å²) in [6, 6.07) is 0.671. The Bertz CT molecular complexity index is 454. The molecule has 0 bridgehead atoms. The van der Waals surface area contributed by atoms with Crippen LogP contribution in [0.25, 0.3) is 0 Å². The SMILES string of the molecule is CCCCC(NC(=O)c1cc(C)nc(C)n1)C(=O)O. The number of carbonyl (C=O) groups is 2. The van der Waals surface area contributed by atoms with Crippen LogP contribution in [0.3, 0.4) is 0 Å². The molecular formula is C13H19N3O3. The van der Waals surface area contributed by atoms with Crippen molar-refractivity contribution in [2.24, 2.45) is 0 Å². The Morgan fingerprint density at radius 2 is 2.05 bits per heavy atom. The van der Waals surface area contributed by atoms with Gasteiger partial charge >= 0.3 is 5.97 Å². The number of carboxylic acids is 1. The van der Waals surface area contributed by atoms with Crippen molar-refractivity contribution in [1.29, 1.82) is 0 Å². The number of amides is 1. The predicted octanol–water partition coefficient (Wildman–Crippen LogP) is 1.47. The Balaban J connectivity index is 2.78. The quantitative estimate of drug-likeness (QED) is 0.812. The second kappa shape index (κ2) is 6.82. The van der Waals surface area contributed by atoms with Gasteiger partial charge in [0.25, 0.3) is 5.91 Å². The highest BCUT2D eigenvalue weighted by molar-refractivity contribution is 5.95. The van der Waals surface area contributed by atoms with Gasteiger partial charge in [-0.2, -0.15) is 0 Å². The second-order valence-electron chi connectivity index (χ2n) is 4.45. The Morgan fingerprint density at radius 1 is 1.37 bits per heavy atom. The van der Waals surface area contributed by atoms with Gasteiger partial charge in [-0.3, -0.25) is 4.79 Å². The van der Waals surface area contributed by atoms with Gasteiger partial charge in [-0.25, -0.2) is 14.8 Å². The van der Waals surface area contributed by atoms with Crippen molar-refractivity contribution in [1.82, 2.24) is 15.3 Å². The average Bonchev–Trinajstić information content (AvgIpc) is 2.32. The standard InChI is InChI=1S/C13H19N3O3/c1-4-5-6-10(13(18)19)16-12(17)11-7-8(2)14-9(3)15-11/h7,10H,4-6H2,1-3H3,(H,16,17)(H,18,19). The molecule has 0 fully saturated rings. The first-order valence-corrected chi connectivity index (χ1v) is 6.30. The van der Waals surface area contributed by atoms with E-state index in [0.29, 0.717) is 17.9 Å². The maximum atomic E-state index is 12.0. The molecule has 0 saturated carbocycles. The van der Waals surface area contributed by atoms with Crippen molar-refractivity contribution in [3.8, 4) is 0 Å². The Kier molecular flexibility index (Phi) is 5.41. The zero-order valence-electron chi connectivity index (χ0n) is 11.4. The smallest absolute Gasteiger partial charge is 0.326 e. The minimum atomic E-state index is -1.02. The first-order valence-electron chi connectivity index (χ1n) is 6.30. The molecule has 1 rings (SSSR count). The molecule has 0 aromatic carbocycles. The van der Waals surface area contributed by atoms with Gasteiger partial charge in [0.05, 0.1) is 0 Å². The molecule has 2 N–H and O–H groups in total. The minimum Gasteiger partial charge on any atom is -0.480 e. The van der Waals surface area contributed by atoms with Crippen LogP contribution in [0.5, 0.6) is 0 Å². The molecule has 1 heterocycles. The lowest BCUT2D eigenvalue weighted by atomic mass is 10.1. The number of aromatic nitrogens is 2.